The highest BCUT2D eigenvalue weighted by Gasteiger charge is 1.97. The molecule has 0 saturated carbocycles. The summed E-state index contributed by atoms with van der Waals surface area (Å²) in [7, 11) is 0. The molecule has 0 saturated heterocycles. The molecule has 0 aromatic carbocycles. The van der Waals surface area contributed by atoms with Gasteiger partial charge in [0, 0.05) is 0 Å². The second kappa shape index (κ2) is 6.84. The third-order valence-electron chi connectivity index (χ3n) is 1.65. The van der Waals surface area contributed by atoms with Crippen molar-refractivity contribution < 1.29 is 0 Å². The summed E-state index contributed by atoms with van der Waals surface area (Å²) < 4.78 is 1.32. The van der Waals surface area contributed by atoms with E-state index in [2.05, 4.69) is 36.4 Å². The van der Waals surface area contributed by atoms with Crippen molar-refractivity contribution in [3.8, 4) is 0 Å². The summed E-state index contributed by atoms with van der Waals surface area (Å²) in [6, 6.07) is 0. The minimum absolute atomic E-state index is 0.960. The molecule has 0 bridgehead atoms. The lowest BCUT2D eigenvalue weighted by Gasteiger charge is -2.06. The molecular formula is C8H17I. The Kier molecular flexibility index (Phi) is 7.40. The summed E-state index contributed by atoms with van der Waals surface area (Å²) in [6.07, 6.45) is 5.60. The highest BCUT2D eigenvalue weighted by Crippen LogP contribution is 2.12. The predicted molar refractivity (Wildman–Crippen MR) is 52.2 cm³/mol. The first-order valence-corrected chi connectivity index (χ1v) is 5.39. The fourth-order valence-corrected chi connectivity index (χ4v) is 1.95. The van der Waals surface area contributed by atoms with Crippen LogP contribution in [-0.4, -0.2) is 4.43 Å². The summed E-state index contributed by atoms with van der Waals surface area (Å²) in [5, 5.41) is 0. The molecule has 0 amide bonds. The minimum Gasteiger partial charge on any atom is -0.0864 e. The molecule has 0 aliphatic carbocycles. The van der Waals surface area contributed by atoms with Crippen molar-refractivity contribution in [1.82, 2.24) is 0 Å². The van der Waals surface area contributed by atoms with Crippen LogP contribution < -0.4 is 0 Å². The van der Waals surface area contributed by atoms with E-state index in [1.807, 2.05) is 0 Å². The van der Waals surface area contributed by atoms with Crippen molar-refractivity contribution >= 4 is 22.6 Å². The van der Waals surface area contributed by atoms with E-state index in [9.17, 15) is 0 Å². The molecule has 0 aromatic heterocycles. The number of halogens is 1. The lowest BCUT2D eigenvalue weighted by Crippen LogP contribution is -1.94. The van der Waals surface area contributed by atoms with Crippen LogP contribution in [0.2, 0.25) is 0 Å². The van der Waals surface area contributed by atoms with E-state index in [1.54, 1.807) is 0 Å². The predicted octanol–water partition coefficient (Wildman–Crippen LogP) is 3.64. The van der Waals surface area contributed by atoms with E-state index in [0.717, 1.165) is 5.92 Å². The molecular weight excluding hydrogens is 223 g/mol. The Morgan fingerprint density at radius 1 is 1.33 bits per heavy atom. The first-order valence-electron chi connectivity index (χ1n) is 3.87. The summed E-state index contributed by atoms with van der Waals surface area (Å²) in [6.45, 7) is 4.62. The van der Waals surface area contributed by atoms with Gasteiger partial charge in [-0.1, -0.05) is 55.7 Å². The van der Waals surface area contributed by atoms with Crippen LogP contribution in [0.3, 0.4) is 0 Å². The normalized spacial score (nSPS) is 13.7. The van der Waals surface area contributed by atoms with Crippen molar-refractivity contribution in [2.45, 2.75) is 39.5 Å². The molecule has 9 heavy (non-hydrogen) atoms. The van der Waals surface area contributed by atoms with Crippen molar-refractivity contribution in [3.05, 3.63) is 0 Å². The SMILES string of the molecule is CCCC[C@@H](C)CCI. The van der Waals surface area contributed by atoms with E-state index >= 15 is 0 Å². The molecule has 0 N–H and O–H groups in total. The quantitative estimate of drug-likeness (QED) is 0.508. The fourth-order valence-electron chi connectivity index (χ4n) is 0.883. The largest absolute Gasteiger partial charge is 0.0864 e. The van der Waals surface area contributed by atoms with E-state index in [1.165, 1.54) is 30.1 Å². The third kappa shape index (κ3) is 6.62. The highest BCUT2D eigenvalue weighted by molar-refractivity contribution is 14.1. The minimum atomic E-state index is 0.960. The average Bonchev–Trinajstić information content (AvgIpc) is 1.85. The van der Waals surface area contributed by atoms with Crippen LogP contribution in [0.1, 0.15) is 39.5 Å². The third-order valence-corrected chi connectivity index (χ3v) is 2.28. The first-order chi connectivity index (χ1) is 4.31. The Bertz CT molecular complexity index is 52.5. The van der Waals surface area contributed by atoms with E-state index in [0.29, 0.717) is 0 Å². The van der Waals surface area contributed by atoms with Gasteiger partial charge in [-0.2, -0.15) is 0 Å². The van der Waals surface area contributed by atoms with E-state index in [-0.39, 0.29) is 0 Å². The molecule has 0 unspecified atom stereocenters. The zero-order valence-electron chi connectivity index (χ0n) is 6.49. The van der Waals surface area contributed by atoms with Gasteiger partial charge in [0.2, 0.25) is 0 Å². The lowest BCUT2D eigenvalue weighted by atomic mass is 10.0. The van der Waals surface area contributed by atoms with Gasteiger partial charge in [0.1, 0.15) is 0 Å². The van der Waals surface area contributed by atoms with Crippen LogP contribution in [-0.2, 0) is 0 Å². The van der Waals surface area contributed by atoms with Gasteiger partial charge >= 0.3 is 0 Å². The van der Waals surface area contributed by atoms with Gasteiger partial charge in [-0.05, 0) is 16.8 Å². The van der Waals surface area contributed by atoms with Gasteiger partial charge in [0.05, 0.1) is 0 Å². The van der Waals surface area contributed by atoms with Crippen LogP contribution in [0.5, 0.6) is 0 Å². The summed E-state index contributed by atoms with van der Waals surface area (Å²) in [5.41, 5.74) is 0. The van der Waals surface area contributed by atoms with E-state index in [4.69, 9.17) is 0 Å². The number of hydrogen-bond donors (Lipinski definition) is 0. The second-order valence-corrected chi connectivity index (χ2v) is 3.80. The van der Waals surface area contributed by atoms with Gasteiger partial charge in [-0.15, -0.1) is 0 Å². The summed E-state index contributed by atoms with van der Waals surface area (Å²) in [5.74, 6) is 0.960. The summed E-state index contributed by atoms with van der Waals surface area (Å²) in [4.78, 5) is 0. The Balaban J connectivity index is 2.95. The molecule has 0 aliphatic heterocycles. The maximum atomic E-state index is 2.45. The Morgan fingerprint density at radius 3 is 2.44 bits per heavy atom. The molecule has 0 radical (unpaired) electrons. The molecule has 0 aromatic rings. The fraction of sp³-hybridized carbons (Fsp3) is 1.00. The van der Waals surface area contributed by atoms with Crippen LogP contribution in [0.4, 0.5) is 0 Å². The molecule has 0 rings (SSSR count). The van der Waals surface area contributed by atoms with Crippen molar-refractivity contribution in [3.63, 3.8) is 0 Å². The molecule has 56 valence electrons. The second-order valence-electron chi connectivity index (χ2n) is 2.73. The van der Waals surface area contributed by atoms with Gasteiger partial charge in [-0.3, -0.25) is 0 Å². The molecule has 0 spiro atoms. The monoisotopic (exact) mass is 240 g/mol. The molecule has 0 fully saturated rings. The van der Waals surface area contributed by atoms with Crippen molar-refractivity contribution in [2.24, 2.45) is 5.92 Å². The molecule has 0 nitrogen and oxygen atoms in total. The van der Waals surface area contributed by atoms with Gasteiger partial charge in [0.15, 0.2) is 0 Å². The van der Waals surface area contributed by atoms with Crippen LogP contribution in [0.25, 0.3) is 0 Å². The molecule has 0 aliphatic rings. The summed E-state index contributed by atoms with van der Waals surface area (Å²) >= 11 is 2.45. The van der Waals surface area contributed by atoms with Crippen molar-refractivity contribution in [2.75, 3.05) is 4.43 Å². The zero-order valence-corrected chi connectivity index (χ0v) is 8.65. The smallest absolute Gasteiger partial charge is 0.000219 e. The van der Waals surface area contributed by atoms with Gasteiger partial charge < -0.3 is 0 Å². The number of hydrogen-bond acceptors (Lipinski definition) is 0. The van der Waals surface area contributed by atoms with Crippen LogP contribution in [0, 0.1) is 5.92 Å². The Hall–Kier alpha value is 0.730. The number of unbranched alkanes of at least 4 members (excludes halogenated alkanes) is 1. The van der Waals surface area contributed by atoms with E-state index < -0.39 is 0 Å². The highest BCUT2D eigenvalue weighted by atomic mass is 127. The van der Waals surface area contributed by atoms with Crippen LogP contribution in [0.15, 0.2) is 0 Å². The maximum Gasteiger partial charge on any atom is -0.000219 e. The maximum absolute atomic E-state index is 2.45. The topological polar surface area (TPSA) is 0 Å². The average molecular weight is 240 g/mol. The Labute approximate surface area is 72.6 Å². The van der Waals surface area contributed by atoms with Crippen LogP contribution >= 0.6 is 22.6 Å². The molecule has 1 atom stereocenters. The molecule has 1 heteroatoms. The van der Waals surface area contributed by atoms with Gasteiger partial charge in [-0.25, -0.2) is 0 Å². The lowest BCUT2D eigenvalue weighted by molar-refractivity contribution is 0.497. The molecule has 0 heterocycles. The first kappa shape index (κ1) is 9.73. The van der Waals surface area contributed by atoms with Gasteiger partial charge in [0.25, 0.3) is 0 Å². The Morgan fingerprint density at radius 2 is 2.00 bits per heavy atom. The number of rotatable bonds is 5. The van der Waals surface area contributed by atoms with Crippen molar-refractivity contribution in [1.29, 1.82) is 0 Å². The standard InChI is InChI=1S/C8H17I/c1-3-4-5-8(2)6-7-9/h8H,3-7H2,1-2H3/t8-/m1/s1. The number of alkyl halides is 1. The zero-order chi connectivity index (χ0) is 7.11.